The molecule has 22 heavy (non-hydrogen) atoms. The monoisotopic (exact) mass is 328 g/mol. The van der Waals surface area contributed by atoms with E-state index >= 15 is 0 Å². The summed E-state index contributed by atoms with van der Waals surface area (Å²) >= 11 is 6.36. The van der Waals surface area contributed by atoms with Crippen LogP contribution in [0.4, 0.5) is 11.4 Å². The third-order valence-electron chi connectivity index (χ3n) is 4.00. The van der Waals surface area contributed by atoms with Crippen molar-refractivity contribution >= 4 is 23.0 Å². The molecule has 0 spiro atoms. The maximum atomic E-state index is 11.7. The minimum atomic E-state index is 0.263. The fourth-order valence-corrected chi connectivity index (χ4v) is 2.94. The Labute approximate surface area is 136 Å². The number of anilines is 1. The number of hydrogen-bond donors (Lipinski definition) is 0. The van der Waals surface area contributed by atoms with Crippen molar-refractivity contribution in [1.82, 2.24) is 4.90 Å². The van der Waals surface area contributed by atoms with Crippen LogP contribution in [0.1, 0.15) is 13.8 Å². The van der Waals surface area contributed by atoms with Gasteiger partial charge in [0.05, 0.1) is 22.7 Å². The van der Waals surface area contributed by atoms with Gasteiger partial charge in [-0.15, -0.1) is 0 Å². The van der Waals surface area contributed by atoms with E-state index in [2.05, 4.69) is 28.5 Å². The van der Waals surface area contributed by atoms with Gasteiger partial charge in [0.2, 0.25) is 5.75 Å². The van der Waals surface area contributed by atoms with Crippen molar-refractivity contribution in [3.8, 4) is 5.75 Å². The molecule has 1 fully saturated rings. The number of rotatable bonds is 5. The normalized spacial score (nSPS) is 16.0. The van der Waals surface area contributed by atoms with E-state index in [0.29, 0.717) is 21.7 Å². The van der Waals surface area contributed by atoms with Gasteiger partial charge in [0, 0.05) is 44.4 Å². The summed E-state index contributed by atoms with van der Waals surface area (Å²) in [5, 5.41) is 0.520. The van der Waals surface area contributed by atoms with Crippen LogP contribution in [0.25, 0.3) is 0 Å². The molecule has 6 nitrogen and oxygen atoms in total. The molecule has 1 aromatic carbocycles. The van der Waals surface area contributed by atoms with Gasteiger partial charge in [0.1, 0.15) is 0 Å². The Morgan fingerprint density at radius 2 is 1.82 bits per heavy atom. The maximum absolute atomic E-state index is 11.7. The Morgan fingerprint density at radius 3 is 2.32 bits per heavy atom. The summed E-state index contributed by atoms with van der Waals surface area (Å²) in [4.78, 5) is 21.4. The number of piperazine rings is 1. The fourth-order valence-electron chi connectivity index (χ4n) is 2.66. The fraction of sp³-hybridized carbons (Fsp3) is 0.600. The third kappa shape index (κ3) is 3.44. The van der Waals surface area contributed by atoms with Crippen LogP contribution in [0.5, 0.6) is 5.75 Å². The summed E-state index contributed by atoms with van der Waals surface area (Å²) in [6, 6.07) is 3.93. The van der Waals surface area contributed by atoms with Crippen molar-refractivity contribution in [3.63, 3.8) is 0 Å². The van der Waals surface area contributed by atoms with Crippen molar-refractivity contribution in [2.45, 2.75) is 19.9 Å². The first kappa shape index (κ1) is 16.8. The van der Waals surface area contributed by atoms with Gasteiger partial charge in [0.15, 0.2) is 7.11 Å². The molecule has 7 heteroatoms. The molecule has 0 unspecified atom stereocenters. The second kappa shape index (κ2) is 7.15. The molecular weight excluding hydrogens is 306 g/mol. The van der Waals surface area contributed by atoms with Gasteiger partial charge in [-0.1, -0.05) is 11.6 Å². The van der Waals surface area contributed by atoms with E-state index in [-0.39, 0.29) is 5.69 Å². The van der Waals surface area contributed by atoms with E-state index in [9.17, 15) is 4.91 Å². The second-order valence-electron chi connectivity index (χ2n) is 5.53. The van der Waals surface area contributed by atoms with Gasteiger partial charge in [-0.2, -0.15) is 0 Å². The molecule has 122 valence electrons. The van der Waals surface area contributed by atoms with Crippen molar-refractivity contribution < 1.29 is 14.5 Å². The average molecular weight is 329 g/mol. The van der Waals surface area contributed by atoms with Crippen LogP contribution in [0.2, 0.25) is 5.02 Å². The molecule has 0 aromatic heterocycles. The first-order valence-corrected chi connectivity index (χ1v) is 7.73. The van der Waals surface area contributed by atoms with Crippen molar-refractivity contribution in [2.75, 3.05) is 45.3 Å². The molecule has 1 aromatic rings. The van der Waals surface area contributed by atoms with Gasteiger partial charge in [-0.3, -0.25) is 4.90 Å². The quantitative estimate of drug-likeness (QED) is 0.778. The lowest BCUT2D eigenvalue weighted by atomic mass is 10.2. The Bertz CT molecular complexity index is 543. The van der Waals surface area contributed by atoms with Gasteiger partial charge in [-0.25, -0.2) is 4.84 Å². The van der Waals surface area contributed by atoms with Crippen LogP contribution >= 0.6 is 11.6 Å². The molecule has 1 saturated heterocycles. The van der Waals surface area contributed by atoms with E-state index < -0.39 is 0 Å². The van der Waals surface area contributed by atoms with Gasteiger partial charge in [-0.05, 0) is 13.8 Å². The zero-order valence-electron chi connectivity index (χ0n) is 13.5. The number of benzene rings is 1. The molecule has 1 aliphatic heterocycles. The van der Waals surface area contributed by atoms with Crippen LogP contribution in [0.3, 0.4) is 0 Å². The summed E-state index contributed by atoms with van der Waals surface area (Å²) in [6.45, 7) is 8.17. The number of hydrogen-bond acceptors (Lipinski definition) is 5. The number of nitrogens with zero attached hydrogens (tertiary/aromatic N) is 3. The molecule has 0 bridgehead atoms. The third-order valence-corrected chi connectivity index (χ3v) is 4.30. The van der Waals surface area contributed by atoms with Crippen LogP contribution in [0, 0.1) is 4.91 Å². The SMILES string of the molecule is COc1cc(N2CCN(C(C)C)CC2)c(Cl)cc1[N+](=O)OC. The summed E-state index contributed by atoms with van der Waals surface area (Å²) in [6.07, 6.45) is 0. The summed E-state index contributed by atoms with van der Waals surface area (Å²) in [7, 11) is 2.83. The number of methoxy groups -OCH3 is 1. The predicted molar refractivity (Wildman–Crippen MR) is 87.2 cm³/mol. The first-order chi connectivity index (χ1) is 10.5. The Kier molecular flexibility index (Phi) is 5.47. The lowest BCUT2D eigenvalue weighted by molar-refractivity contribution is -0.736. The zero-order chi connectivity index (χ0) is 16.3. The first-order valence-electron chi connectivity index (χ1n) is 7.35. The summed E-state index contributed by atoms with van der Waals surface area (Å²) < 4.78 is 5.30. The molecule has 0 saturated carbocycles. The van der Waals surface area contributed by atoms with Gasteiger partial charge < -0.3 is 9.64 Å². The van der Waals surface area contributed by atoms with E-state index in [1.54, 1.807) is 12.1 Å². The molecule has 0 aliphatic carbocycles. The molecule has 1 heterocycles. The van der Waals surface area contributed by atoms with Crippen LogP contribution in [0.15, 0.2) is 12.1 Å². The molecular formula is C15H23ClN3O3+. The number of halogens is 1. The van der Waals surface area contributed by atoms with Crippen LogP contribution in [-0.2, 0) is 4.84 Å². The molecule has 1 aliphatic rings. The van der Waals surface area contributed by atoms with Crippen LogP contribution in [-0.4, -0.2) is 56.3 Å². The maximum Gasteiger partial charge on any atom is 0.359 e. The van der Waals surface area contributed by atoms with Crippen LogP contribution < -0.4 is 9.64 Å². The molecule has 0 amide bonds. The van der Waals surface area contributed by atoms with Crippen molar-refractivity contribution in [1.29, 1.82) is 0 Å². The predicted octanol–water partition coefficient (Wildman–Crippen LogP) is 2.85. The molecule has 0 atom stereocenters. The molecule has 0 N–H and O–H groups in total. The van der Waals surface area contributed by atoms with Crippen molar-refractivity contribution in [2.24, 2.45) is 0 Å². The topological polar surface area (TPSA) is 45.0 Å². The minimum absolute atomic E-state index is 0.263. The number of ether oxygens (including phenoxy) is 1. The lowest BCUT2D eigenvalue weighted by Gasteiger charge is -2.38. The van der Waals surface area contributed by atoms with Gasteiger partial charge >= 0.3 is 5.69 Å². The Hall–Kier alpha value is -1.53. The van der Waals surface area contributed by atoms with E-state index in [0.717, 1.165) is 31.9 Å². The second-order valence-corrected chi connectivity index (χ2v) is 5.94. The Morgan fingerprint density at radius 1 is 1.18 bits per heavy atom. The zero-order valence-corrected chi connectivity index (χ0v) is 14.3. The van der Waals surface area contributed by atoms with Gasteiger partial charge in [0.25, 0.3) is 4.92 Å². The van der Waals surface area contributed by atoms with E-state index in [1.807, 2.05) is 0 Å². The smallest absolute Gasteiger partial charge is 0.359 e. The highest BCUT2D eigenvalue weighted by molar-refractivity contribution is 6.33. The lowest BCUT2D eigenvalue weighted by Crippen LogP contribution is -2.49. The molecule has 0 radical (unpaired) electrons. The molecule has 2 rings (SSSR count). The highest BCUT2D eigenvalue weighted by atomic mass is 35.5. The highest BCUT2D eigenvalue weighted by Gasteiger charge is 2.27. The largest absolute Gasteiger partial charge is 0.490 e. The van der Waals surface area contributed by atoms with E-state index in [1.165, 1.54) is 14.2 Å². The Balaban J connectivity index is 2.24. The summed E-state index contributed by atoms with van der Waals surface area (Å²) in [5.74, 6) is 0.447. The van der Waals surface area contributed by atoms with Crippen molar-refractivity contribution in [3.05, 3.63) is 22.1 Å². The highest BCUT2D eigenvalue weighted by Crippen LogP contribution is 2.38. The van der Waals surface area contributed by atoms with E-state index in [4.69, 9.17) is 16.3 Å². The standard InChI is InChI=1S/C15H23ClN3O3/c1-11(2)17-5-7-18(8-6-17)13-10-15(21-3)14(9-12(13)16)19(20)22-4/h9-11H,5-8H2,1-4H3/q+1. The average Bonchev–Trinajstić information content (AvgIpc) is 2.54. The minimum Gasteiger partial charge on any atom is -0.490 e. The summed E-state index contributed by atoms with van der Waals surface area (Å²) in [5.41, 5.74) is 1.15.